The number of hydrogen-bond acceptors (Lipinski definition) is 12. The number of hydrogen-bond donors (Lipinski definition) is 0. The monoisotopic (exact) mass is 344 g/mol. The maximum Gasteiger partial charge on any atom is 0.343 e. The van der Waals surface area contributed by atoms with Gasteiger partial charge in [-0.3, -0.25) is 9.80 Å². The van der Waals surface area contributed by atoms with E-state index in [9.17, 15) is 19.2 Å². The van der Waals surface area contributed by atoms with Crippen molar-refractivity contribution in [3.63, 3.8) is 0 Å². The lowest BCUT2D eigenvalue weighted by atomic mass is 10.3. The smallest absolute Gasteiger partial charge is 0.331 e. The van der Waals surface area contributed by atoms with Gasteiger partial charge in [0, 0.05) is 23.5 Å². The van der Waals surface area contributed by atoms with Crippen LogP contribution in [0, 0.1) is 0 Å². The van der Waals surface area contributed by atoms with Gasteiger partial charge in [0.05, 0.1) is 39.3 Å². The van der Waals surface area contributed by atoms with E-state index >= 15 is 0 Å². The minimum atomic E-state index is -0.594. The molecular formula is C12H16N4O8. The fourth-order valence-electron chi connectivity index (χ4n) is 2.39. The molecule has 6 aliphatic heterocycles. The van der Waals surface area contributed by atoms with Gasteiger partial charge in [-0.15, -0.1) is 0 Å². The number of carbonyl (C=O) groups is 4. The third-order valence-corrected chi connectivity index (χ3v) is 3.42. The molecule has 24 heavy (non-hydrogen) atoms. The first kappa shape index (κ1) is 16.6. The van der Waals surface area contributed by atoms with Gasteiger partial charge in [-0.25, -0.2) is 19.2 Å². The van der Waals surface area contributed by atoms with Crippen LogP contribution in [0.4, 0.5) is 0 Å². The largest absolute Gasteiger partial charge is 0.343 e. The molecule has 12 nitrogen and oxygen atoms in total. The van der Waals surface area contributed by atoms with E-state index in [1.807, 2.05) is 0 Å². The highest BCUT2D eigenvalue weighted by Gasteiger charge is 2.31. The van der Waals surface area contributed by atoms with Crippen molar-refractivity contribution in [3.8, 4) is 0 Å². The highest BCUT2D eigenvalue weighted by Crippen LogP contribution is 2.08. The average molecular weight is 344 g/mol. The molecule has 6 heterocycles. The molecule has 6 fully saturated rings. The predicted octanol–water partition coefficient (Wildman–Crippen LogP) is -2.93. The van der Waals surface area contributed by atoms with Gasteiger partial charge in [0.1, 0.15) is 0 Å². The zero-order valence-corrected chi connectivity index (χ0v) is 12.7. The minimum Gasteiger partial charge on any atom is -0.331 e. The van der Waals surface area contributed by atoms with Crippen molar-refractivity contribution in [1.29, 1.82) is 0 Å². The van der Waals surface area contributed by atoms with Gasteiger partial charge in [-0.05, 0) is 0 Å². The highest BCUT2D eigenvalue weighted by atomic mass is 17.0. The number of nitrogens with zero attached hydrogens (tertiary/aromatic N) is 4. The summed E-state index contributed by atoms with van der Waals surface area (Å²) < 4.78 is 0. The van der Waals surface area contributed by atoms with Crippen molar-refractivity contribution in [2.24, 2.45) is 0 Å². The van der Waals surface area contributed by atoms with Crippen molar-refractivity contribution in [1.82, 2.24) is 20.3 Å². The Morgan fingerprint density at radius 2 is 0.792 bits per heavy atom. The van der Waals surface area contributed by atoms with Crippen molar-refractivity contribution >= 4 is 23.9 Å². The molecule has 0 atom stereocenters. The molecule has 12 heteroatoms. The summed E-state index contributed by atoms with van der Waals surface area (Å²) in [5.74, 6) is -2.38. The first-order chi connectivity index (χ1) is 11.5. The molecule has 0 saturated carbocycles. The lowest BCUT2D eigenvalue weighted by Crippen LogP contribution is -2.52. The maximum atomic E-state index is 11.8. The van der Waals surface area contributed by atoms with Crippen LogP contribution in [-0.4, -0.2) is 96.5 Å². The van der Waals surface area contributed by atoms with Gasteiger partial charge < -0.3 is 19.4 Å². The zero-order chi connectivity index (χ0) is 17.1. The summed E-state index contributed by atoms with van der Waals surface area (Å²) in [7, 11) is 0. The summed E-state index contributed by atoms with van der Waals surface area (Å²) in [4.78, 5) is 70.0. The van der Waals surface area contributed by atoms with E-state index in [-0.39, 0.29) is 52.4 Å². The predicted molar refractivity (Wildman–Crippen MR) is 70.7 cm³/mol. The van der Waals surface area contributed by atoms with E-state index < -0.39 is 23.9 Å². The van der Waals surface area contributed by atoms with E-state index in [0.717, 1.165) is 0 Å². The molecule has 0 aromatic rings. The number of carbonyl (C=O) groups excluding carboxylic acids is 4. The minimum absolute atomic E-state index is 0.113. The Hall–Kier alpha value is -2.28. The topological polar surface area (TPSA) is 118 Å². The Kier molecular flexibility index (Phi) is 4.89. The second-order valence-corrected chi connectivity index (χ2v) is 5.39. The summed E-state index contributed by atoms with van der Waals surface area (Å²) in [5.41, 5.74) is 0. The van der Waals surface area contributed by atoms with Crippen molar-refractivity contribution < 1.29 is 38.5 Å². The highest BCUT2D eigenvalue weighted by molar-refractivity contribution is 5.76. The molecule has 132 valence electrons. The SMILES string of the molecule is O=C1CN2CCN3CC(=O)ON(CCN(O1)OC(=O)C2)OC(=O)C3. The van der Waals surface area contributed by atoms with Crippen LogP contribution in [0.5, 0.6) is 0 Å². The van der Waals surface area contributed by atoms with E-state index in [4.69, 9.17) is 19.4 Å². The van der Waals surface area contributed by atoms with Crippen LogP contribution in [-0.2, 0) is 38.5 Å². The van der Waals surface area contributed by atoms with Gasteiger partial charge in [0.15, 0.2) is 0 Å². The lowest BCUT2D eigenvalue weighted by molar-refractivity contribution is -0.360. The molecule has 0 amide bonds. The molecule has 0 spiro atoms. The number of hydroxylamine groups is 4. The van der Waals surface area contributed by atoms with Crippen LogP contribution >= 0.6 is 0 Å². The Labute approximate surface area is 136 Å². The number of rotatable bonds is 0. The summed E-state index contributed by atoms with van der Waals surface area (Å²) in [6.07, 6.45) is 0. The summed E-state index contributed by atoms with van der Waals surface area (Å²) in [6.45, 7) is -0.321. The van der Waals surface area contributed by atoms with Crippen LogP contribution < -0.4 is 0 Å². The normalized spacial score (nSPS) is 35.0. The Morgan fingerprint density at radius 3 is 1.08 bits per heavy atom. The van der Waals surface area contributed by atoms with Crippen LogP contribution in [0.25, 0.3) is 0 Å². The molecule has 0 N–H and O–H groups in total. The van der Waals surface area contributed by atoms with Gasteiger partial charge in [-0.2, -0.15) is 0 Å². The molecule has 0 aromatic heterocycles. The van der Waals surface area contributed by atoms with Gasteiger partial charge in [0.25, 0.3) is 0 Å². The van der Waals surface area contributed by atoms with E-state index in [0.29, 0.717) is 10.5 Å². The fraction of sp³-hybridized carbons (Fsp3) is 0.667. The second kappa shape index (κ2) is 7.09. The van der Waals surface area contributed by atoms with Gasteiger partial charge in [-0.1, -0.05) is 0 Å². The quantitative estimate of drug-likeness (QED) is 0.447. The Bertz CT molecular complexity index is 427. The third-order valence-electron chi connectivity index (χ3n) is 3.42. The van der Waals surface area contributed by atoms with Crippen LogP contribution in [0.2, 0.25) is 0 Å². The van der Waals surface area contributed by atoms with E-state index in [2.05, 4.69) is 0 Å². The molecule has 0 unspecified atom stereocenters. The molecule has 4 bridgehead atoms. The molecule has 6 rings (SSSR count). The molecule has 6 saturated heterocycles. The maximum absolute atomic E-state index is 11.8. The Balaban J connectivity index is 1.83. The standard InChI is InChI=1S/C12H16N4O8/c17-9-5-13-1-2-14-7-11(19)23-16(24-12(20)8-14)4-3-15(21-9)22-10(18)6-13/h1-8H2. The van der Waals surface area contributed by atoms with Gasteiger partial charge in [0.2, 0.25) is 0 Å². The summed E-state index contributed by atoms with van der Waals surface area (Å²) in [6, 6.07) is 0. The zero-order valence-electron chi connectivity index (χ0n) is 12.7. The first-order valence-electron chi connectivity index (χ1n) is 7.31. The second-order valence-electron chi connectivity index (χ2n) is 5.39. The summed E-state index contributed by atoms with van der Waals surface area (Å²) in [5, 5.41) is 1.36. The molecule has 6 aliphatic rings. The first-order valence-corrected chi connectivity index (χ1v) is 7.31. The van der Waals surface area contributed by atoms with E-state index in [1.165, 1.54) is 9.80 Å². The lowest BCUT2D eigenvalue weighted by Gasteiger charge is -2.32. The molecular weight excluding hydrogens is 328 g/mol. The van der Waals surface area contributed by atoms with Gasteiger partial charge >= 0.3 is 23.9 Å². The van der Waals surface area contributed by atoms with Crippen LogP contribution in [0.15, 0.2) is 0 Å². The van der Waals surface area contributed by atoms with Crippen LogP contribution in [0.1, 0.15) is 0 Å². The molecule has 0 aromatic carbocycles. The van der Waals surface area contributed by atoms with Crippen molar-refractivity contribution in [2.75, 3.05) is 52.4 Å². The summed E-state index contributed by atoms with van der Waals surface area (Å²) >= 11 is 0. The fourth-order valence-corrected chi connectivity index (χ4v) is 2.39. The van der Waals surface area contributed by atoms with Crippen molar-refractivity contribution in [3.05, 3.63) is 0 Å². The Morgan fingerprint density at radius 1 is 0.500 bits per heavy atom. The molecule has 0 aliphatic carbocycles. The van der Waals surface area contributed by atoms with E-state index in [1.54, 1.807) is 0 Å². The molecule has 0 radical (unpaired) electrons. The van der Waals surface area contributed by atoms with Crippen LogP contribution in [0.3, 0.4) is 0 Å². The van der Waals surface area contributed by atoms with Crippen molar-refractivity contribution in [2.45, 2.75) is 0 Å². The third kappa shape index (κ3) is 4.38. The average Bonchev–Trinajstić information content (AvgIpc) is 2.45.